The lowest BCUT2D eigenvalue weighted by molar-refractivity contribution is -0.141. The first-order valence-corrected chi connectivity index (χ1v) is 8.61. The minimum Gasteiger partial charge on any atom is -0.299 e. The topological polar surface area (TPSA) is 20.3 Å². The molecule has 4 heteroatoms. The molecule has 2 rings (SSSR count). The highest BCUT2D eigenvalue weighted by Gasteiger charge is 2.48. The largest absolute Gasteiger partial charge is 0.299 e. The molecule has 0 radical (unpaired) electrons. The molecule has 128 valence electrons. The second-order valence-corrected chi connectivity index (χ2v) is 8.80. The second kappa shape index (κ2) is 6.18. The minimum atomic E-state index is -1.31. The van der Waals surface area contributed by atoms with E-state index >= 15 is 0 Å². The van der Waals surface area contributed by atoms with Crippen molar-refractivity contribution in [2.24, 2.45) is 17.3 Å². The van der Waals surface area contributed by atoms with Gasteiger partial charge in [0.05, 0.1) is 5.92 Å². The van der Waals surface area contributed by atoms with E-state index in [0.29, 0.717) is 25.8 Å². The number of carbonyl (C=O) groups excluding carboxylic acids is 1. The number of rotatable bonds is 2. The number of Topliss-reactive ketones (excluding diaryl/α,β-unsaturated/α-hetero) is 1. The van der Waals surface area contributed by atoms with E-state index in [1.165, 1.54) is 0 Å². The van der Waals surface area contributed by atoms with Gasteiger partial charge in [0, 0.05) is 18.0 Å². The number of halogens is 2. The third-order valence-corrected chi connectivity index (χ3v) is 5.73. The molecule has 3 atom stereocenters. The first-order chi connectivity index (χ1) is 10.0. The zero-order valence-corrected chi connectivity index (χ0v) is 14.7. The zero-order chi connectivity index (χ0) is 16.7. The van der Waals surface area contributed by atoms with E-state index in [9.17, 15) is 13.6 Å². The Bertz CT molecular complexity index is 406. The zero-order valence-electron chi connectivity index (χ0n) is 14.7. The Balaban J connectivity index is 2.20. The smallest absolute Gasteiger partial charge is 0.146 e. The lowest BCUT2D eigenvalue weighted by Gasteiger charge is -2.49. The molecule has 3 unspecified atom stereocenters. The van der Waals surface area contributed by atoms with E-state index in [1.807, 2.05) is 0 Å². The second-order valence-electron chi connectivity index (χ2n) is 8.80. The molecule has 0 aromatic carbocycles. The normalized spacial score (nSPS) is 37.0. The Morgan fingerprint density at radius 3 is 2.18 bits per heavy atom. The molecule has 0 spiro atoms. The molecular formula is C18H31F2NO. The number of hydrogen-bond donors (Lipinski definition) is 0. The molecule has 0 amide bonds. The molecule has 2 nitrogen and oxygen atoms in total. The standard InChI is InChI=1S/C18H31F2NO/c1-17(2,3)21-10-9-18(4,5)12(11-21)16(22)15-13(19)7-6-8-14(15)20/h12-15H,6-11H2,1-5H3. The van der Waals surface area contributed by atoms with Crippen LogP contribution in [0.3, 0.4) is 0 Å². The molecule has 1 heterocycles. The molecule has 22 heavy (non-hydrogen) atoms. The van der Waals surface area contributed by atoms with Crippen LogP contribution in [0.2, 0.25) is 0 Å². The number of carbonyl (C=O) groups is 1. The third-order valence-electron chi connectivity index (χ3n) is 5.73. The molecule has 0 bridgehead atoms. The number of likely N-dealkylation sites (tertiary alicyclic amines) is 1. The van der Waals surface area contributed by atoms with Crippen LogP contribution < -0.4 is 0 Å². The Morgan fingerprint density at radius 1 is 1.14 bits per heavy atom. The van der Waals surface area contributed by atoms with Gasteiger partial charge in [-0.15, -0.1) is 0 Å². The fraction of sp³-hybridized carbons (Fsp3) is 0.944. The summed E-state index contributed by atoms with van der Waals surface area (Å²) in [6, 6.07) is 0. The fourth-order valence-corrected chi connectivity index (χ4v) is 3.92. The van der Waals surface area contributed by atoms with Crippen molar-refractivity contribution in [2.75, 3.05) is 13.1 Å². The van der Waals surface area contributed by atoms with Gasteiger partial charge in [-0.25, -0.2) is 8.78 Å². The van der Waals surface area contributed by atoms with Crippen LogP contribution in [0.1, 0.15) is 60.3 Å². The molecule has 0 N–H and O–H groups in total. The van der Waals surface area contributed by atoms with Gasteiger partial charge in [-0.05, 0) is 58.4 Å². The summed E-state index contributed by atoms with van der Waals surface area (Å²) in [5.74, 6) is -1.50. The van der Waals surface area contributed by atoms with Crippen LogP contribution in [0, 0.1) is 17.3 Å². The third kappa shape index (κ3) is 3.52. The highest BCUT2D eigenvalue weighted by molar-refractivity contribution is 5.85. The molecule has 2 aliphatic rings. The molecule has 0 aromatic heterocycles. The van der Waals surface area contributed by atoms with Gasteiger partial charge < -0.3 is 0 Å². The lowest BCUT2D eigenvalue weighted by Crippen LogP contribution is -2.56. The maximum Gasteiger partial charge on any atom is 0.146 e. The van der Waals surface area contributed by atoms with Crippen molar-refractivity contribution >= 4 is 5.78 Å². The Labute approximate surface area is 133 Å². The summed E-state index contributed by atoms with van der Waals surface area (Å²) in [5.41, 5.74) is -0.207. The van der Waals surface area contributed by atoms with E-state index in [0.717, 1.165) is 13.0 Å². The van der Waals surface area contributed by atoms with E-state index in [4.69, 9.17) is 0 Å². The summed E-state index contributed by atoms with van der Waals surface area (Å²) in [7, 11) is 0. The molecule has 1 aliphatic heterocycles. The Hall–Kier alpha value is -0.510. The van der Waals surface area contributed by atoms with E-state index in [2.05, 4.69) is 39.5 Å². The summed E-state index contributed by atoms with van der Waals surface area (Å²) in [6.45, 7) is 12.1. The summed E-state index contributed by atoms with van der Waals surface area (Å²) in [5, 5.41) is 0. The van der Waals surface area contributed by atoms with Crippen LogP contribution in [0.4, 0.5) is 8.78 Å². The summed E-state index contributed by atoms with van der Waals surface area (Å²) >= 11 is 0. The molecule has 1 aliphatic carbocycles. The number of alkyl halides is 2. The maximum atomic E-state index is 14.2. The van der Waals surface area contributed by atoms with Gasteiger partial charge >= 0.3 is 0 Å². The van der Waals surface area contributed by atoms with Crippen LogP contribution in [-0.4, -0.2) is 41.7 Å². The fourth-order valence-electron chi connectivity index (χ4n) is 3.92. The van der Waals surface area contributed by atoms with Crippen LogP contribution >= 0.6 is 0 Å². The summed E-state index contributed by atoms with van der Waals surface area (Å²) < 4.78 is 28.4. The van der Waals surface area contributed by atoms with E-state index in [-0.39, 0.29) is 22.7 Å². The quantitative estimate of drug-likeness (QED) is 0.762. The van der Waals surface area contributed by atoms with Crippen molar-refractivity contribution in [3.8, 4) is 0 Å². The first-order valence-electron chi connectivity index (χ1n) is 8.61. The van der Waals surface area contributed by atoms with Crippen LogP contribution in [0.5, 0.6) is 0 Å². The predicted molar refractivity (Wildman–Crippen MR) is 85.4 cm³/mol. The highest BCUT2D eigenvalue weighted by atomic mass is 19.1. The van der Waals surface area contributed by atoms with Crippen molar-refractivity contribution in [3.63, 3.8) is 0 Å². The van der Waals surface area contributed by atoms with Crippen molar-refractivity contribution in [1.82, 2.24) is 4.90 Å². The number of hydrogen-bond acceptors (Lipinski definition) is 2. The minimum absolute atomic E-state index is 0.0220. The average molecular weight is 315 g/mol. The SMILES string of the molecule is CC1(C)CCN(C(C)(C)C)CC1C(=O)C1C(F)CCCC1F. The molecular weight excluding hydrogens is 284 g/mol. The molecule has 1 saturated heterocycles. The Morgan fingerprint density at radius 2 is 1.68 bits per heavy atom. The first kappa shape index (κ1) is 17.8. The number of nitrogens with zero attached hydrogens (tertiary/aromatic N) is 1. The van der Waals surface area contributed by atoms with Gasteiger partial charge in [0.15, 0.2) is 0 Å². The van der Waals surface area contributed by atoms with Crippen molar-refractivity contribution in [3.05, 3.63) is 0 Å². The van der Waals surface area contributed by atoms with E-state index < -0.39 is 18.3 Å². The van der Waals surface area contributed by atoms with Crippen molar-refractivity contribution < 1.29 is 13.6 Å². The number of ketones is 1. The molecule has 2 fully saturated rings. The van der Waals surface area contributed by atoms with E-state index in [1.54, 1.807) is 0 Å². The predicted octanol–water partition coefficient (Wildman–Crippen LogP) is 4.18. The van der Waals surface area contributed by atoms with Crippen molar-refractivity contribution in [2.45, 2.75) is 78.2 Å². The van der Waals surface area contributed by atoms with Gasteiger partial charge in [0.25, 0.3) is 0 Å². The van der Waals surface area contributed by atoms with Crippen LogP contribution in [0.25, 0.3) is 0 Å². The Kier molecular flexibility index (Phi) is 5.01. The van der Waals surface area contributed by atoms with Crippen LogP contribution in [-0.2, 0) is 4.79 Å². The van der Waals surface area contributed by atoms with Crippen LogP contribution in [0.15, 0.2) is 0 Å². The van der Waals surface area contributed by atoms with Crippen molar-refractivity contribution in [1.29, 1.82) is 0 Å². The highest BCUT2D eigenvalue weighted by Crippen LogP contribution is 2.42. The van der Waals surface area contributed by atoms with Gasteiger partial charge in [-0.2, -0.15) is 0 Å². The maximum absolute atomic E-state index is 14.2. The van der Waals surface area contributed by atoms with Gasteiger partial charge in [0.1, 0.15) is 18.1 Å². The summed E-state index contributed by atoms with van der Waals surface area (Å²) in [4.78, 5) is 15.2. The van der Waals surface area contributed by atoms with Gasteiger partial charge in [-0.3, -0.25) is 9.69 Å². The van der Waals surface area contributed by atoms with Gasteiger partial charge in [-0.1, -0.05) is 13.8 Å². The van der Waals surface area contributed by atoms with Gasteiger partial charge in [0.2, 0.25) is 0 Å². The molecule has 1 saturated carbocycles. The lowest BCUT2D eigenvalue weighted by atomic mass is 9.66. The number of piperidine rings is 1. The monoisotopic (exact) mass is 315 g/mol. The average Bonchev–Trinajstić information content (AvgIpc) is 2.36. The molecule has 0 aromatic rings. The summed E-state index contributed by atoms with van der Waals surface area (Å²) in [6.07, 6.45) is -0.524.